The van der Waals surface area contributed by atoms with Crippen LogP contribution in [0, 0.1) is 0 Å². The average molecular weight is 382 g/mol. The molecular weight excluding hydrogens is 358 g/mol. The van der Waals surface area contributed by atoms with Gasteiger partial charge in [0.2, 0.25) is 5.13 Å². The van der Waals surface area contributed by atoms with Crippen LogP contribution in [0.15, 0.2) is 48.7 Å². The van der Waals surface area contributed by atoms with Crippen molar-refractivity contribution in [2.24, 2.45) is 0 Å². The third-order valence-corrected chi connectivity index (χ3v) is 5.59. The molecule has 1 aromatic carbocycles. The van der Waals surface area contributed by atoms with Crippen molar-refractivity contribution >= 4 is 16.5 Å². The molecule has 6 nitrogen and oxygen atoms in total. The van der Waals surface area contributed by atoms with E-state index in [1.807, 2.05) is 25.1 Å². The summed E-state index contributed by atoms with van der Waals surface area (Å²) in [6.45, 7) is 7.65. The van der Waals surface area contributed by atoms with Gasteiger partial charge in [-0.1, -0.05) is 29.5 Å². The molecule has 140 valence electrons. The van der Waals surface area contributed by atoms with Gasteiger partial charge in [0.1, 0.15) is 11.4 Å². The Morgan fingerprint density at radius 2 is 1.81 bits per heavy atom. The van der Waals surface area contributed by atoms with E-state index in [4.69, 9.17) is 4.74 Å². The SMILES string of the molecule is CCOc1ccc(CN2CCN(c3nnc(-c4ccccn4)s3)CC2)cc1. The molecule has 0 N–H and O–H groups in total. The first-order valence-corrected chi connectivity index (χ1v) is 10.1. The molecule has 1 aliphatic heterocycles. The number of ether oxygens (including phenoxy) is 1. The number of anilines is 1. The van der Waals surface area contributed by atoms with Gasteiger partial charge in [-0.2, -0.15) is 0 Å². The third kappa shape index (κ3) is 4.43. The Morgan fingerprint density at radius 3 is 2.52 bits per heavy atom. The number of hydrogen-bond acceptors (Lipinski definition) is 7. The van der Waals surface area contributed by atoms with Gasteiger partial charge in [-0.05, 0) is 36.8 Å². The van der Waals surface area contributed by atoms with E-state index in [1.165, 1.54) is 5.56 Å². The van der Waals surface area contributed by atoms with Crippen molar-refractivity contribution in [3.8, 4) is 16.5 Å². The first-order valence-electron chi connectivity index (χ1n) is 9.26. The van der Waals surface area contributed by atoms with Crippen molar-refractivity contribution in [3.05, 3.63) is 54.2 Å². The quantitative estimate of drug-likeness (QED) is 0.653. The Balaban J connectivity index is 1.32. The summed E-state index contributed by atoms with van der Waals surface area (Å²) in [4.78, 5) is 9.15. The summed E-state index contributed by atoms with van der Waals surface area (Å²) in [6, 6.07) is 14.3. The second-order valence-corrected chi connectivity index (χ2v) is 7.40. The molecular formula is C20H23N5OS. The van der Waals surface area contributed by atoms with E-state index in [2.05, 4.69) is 49.2 Å². The first kappa shape index (κ1) is 17.9. The molecule has 27 heavy (non-hydrogen) atoms. The number of benzene rings is 1. The molecule has 1 saturated heterocycles. The lowest BCUT2D eigenvalue weighted by atomic mass is 10.2. The van der Waals surface area contributed by atoms with E-state index in [0.717, 1.165) is 54.3 Å². The predicted molar refractivity (Wildman–Crippen MR) is 108 cm³/mol. The Bertz CT molecular complexity index is 844. The van der Waals surface area contributed by atoms with Crippen LogP contribution in [0.2, 0.25) is 0 Å². The van der Waals surface area contributed by atoms with Crippen molar-refractivity contribution < 1.29 is 4.74 Å². The van der Waals surface area contributed by atoms with Crippen LogP contribution in [0.3, 0.4) is 0 Å². The summed E-state index contributed by atoms with van der Waals surface area (Å²) in [6.07, 6.45) is 1.79. The molecule has 7 heteroatoms. The zero-order valence-electron chi connectivity index (χ0n) is 15.4. The molecule has 3 heterocycles. The summed E-state index contributed by atoms with van der Waals surface area (Å²) < 4.78 is 5.51. The summed E-state index contributed by atoms with van der Waals surface area (Å²) >= 11 is 1.61. The molecule has 3 aromatic rings. The van der Waals surface area contributed by atoms with Crippen molar-refractivity contribution in [2.45, 2.75) is 13.5 Å². The van der Waals surface area contributed by atoms with Crippen molar-refractivity contribution in [3.63, 3.8) is 0 Å². The molecule has 0 atom stereocenters. The highest BCUT2D eigenvalue weighted by Gasteiger charge is 2.20. The van der Waals surface area contributed by atoms with Crippen molar-refractivity contribution in [2.75, 3.05) is 37.7 Å². The molecule has 1 aliphatic rings. The number of piperazine rings is 1. The standard InChI is InChI=1S/C20H23N5OS/c1-2-26-17-8-6-16(7-9-17)15-24-11-13-25(14-12-24)20-23-22-19(27-20)18-5-3-4-10-21-18/h3-10H,2,11-15H2,1H3. The fourth-order valence-corrected chi connectivity index (χ4v) is 4.02. The normalized spacial score (nSPS) is 15.1. The molecule has 1 fully saturated rings. The van der Waals surface area contributed by atoms with Gasteiger partial charge in [0.15, 0.2) is 5.01 Å². The highest BCUT2D eigenvalue weighted by molar-refractivity contribution is 7.18. The highest BCUT2D eigenvalue weighted by atomic mass is 32.1. The zero-order chi connectivity index (χ0) is 18.5. The van der Waals surface area contributed by atoms with Crippen LogP contribution in [-0.2, 0) is 6.54 Å². The molecule has 0 aliphatic carbocycles. The van der Waals surface area contributed by atoms with E-state index in [1.54, 1.807) is 17.5 Å². The minimum atomic E-state index is 0.703. The second kappa shape index (κ2) is 8.45. The van der Waals surface area contributed by atoms with E-state index in [9.17, 15) is 0 Å². The van der Waals surface area contributed by atoms with Crippen LogP contribution in [0.4, 0.5) is 5.13 Å². The Morgan fingerprint density at radius 1 is 1.00 bits per heavy atom. The van der Waals surface area contributed by atoms with E-state index < -0.39 is 0 Å². The topological polar surface area (TPSA) is 54.4 Å². The molecule has 0 saturated carbocycles. The van der Waals surface area contributed by atoms with E-state index in [-0.39, 0.29) is 0 Å². The Labute approximate surface area is 163 Å². The number of nitrogens with zero attached hydrogens (tertiary/aromatic N) is 5. The number of rotatable bonds is 6. The van der Waals surface area contributed by atoms with Crippen LogP contribution >= 0.6 is 11.3 Å². The van der Waals surface area contributed by atoms with Gasteiger partial charge in [0, 0.05) is 38.9 Å². The minimum absolute atomic E-state index is 0.703. The van der Waals surface area contributed by atoms with Crippen molar-refractivity contribution in [1.82, 2.24) is 20.1 Å². The maximum absolute atomic E-state index is 5.51. The van der Waals surface area contributed by atoms with Gasteiger partial charge in [-0.15, -0.1) is 10.2 Å². The van der Waals surface area contributed by atoms with E-state index in [0.29, 0.717) is 6.61 Å². The second-order valence-electron chi connectivity index (χ2n) is 6.44. The van der Waals surface area contributed by atoms with Crippen molar-refractivity contribution in [1.29, 1.82) is 0 Å². The fourth-order valence-electron chi connectivity index (χ4n) is 3.15. The maximum Gasteiger partial charge on any atom is 0.208 e. The van der Waals surface area contributed by atoms with Crippen LogP contribution in [0.1, 0.15) is 12.5 Å². The molecule has 2 aromatic heterocycles. The zero-order valence-corrected chi connectivity index (χ0v) is 16.2. The molecule has 4 rings (SSSR count). The number of pyridine rings is 1. The lowest BCUT2D eigenvalue weighted by Gasteiger charge is -2.34. The summed E-state index contributed by atoms with van der Waals surface area (Å²) in [5, 5.41) is 10.5. The van der Waals surface area contributed by atoms with Gasteiger partial charge in [0.25, 0.3) is 0 Å². The van der Waals surface area contributed by atoms with E-state index >= 15 is 0 Å². The molecule has 0 unspecified atom stereocenters. The third-order valence-electron chi connectivity index (χ3n) is 4.58. The van der Waals surface area contributed by atoms with Gasteiger partial charge < -0.3 is 9.64 Å². The summed E-state index contributed by atoms with van der Waals surface area (Å²) in [5.74, 6) is 0.936. The van der Waals surface area contributed by atoms with Crippen LogP contribution in [0.5, 0.6) is 5.75 Å². The lowest BCUT2D eigenvalue weighted by Crippen LogP contribution is -2.45. The largest absolute Gasteiger partial charge is 0.494 e. The van der Waals surface area contributed by atoms with Crippen LogP contribution < -0.4 is 9.64 Å². The van der Waals surface area contributed by atoms with Crippen LogP contribution in [-0.4, -0.2) is 52.9 Å². The predicted octanol–water partition coefficient (Wildman–Crippen LogP) is 3.32. The number of hydrogen-bond donors (Lipinski definition) is 0. The smallest absolute Gasteiger partial charge is 0.208 e. The Kier molecular flexibility index (Phi) is 5.60. The van der Waals surface area contributed by atoms with Crippen LogP contribution in [0.25, 0.3) is 10.7 Å². The van der Waals surface area contributed by atoms with Gasteiger partial charge >= 0.3 is 0 Å². The number of aromatic nitrogens is 3. The van der Waals surface area contributed by atoms with Gasteiger partial charge in [-0.3, -0.25) is 9.88 Å². The summed E-state index contributed by atoms with van der Waals surface area (Å²) in [5.41, 5.74) is 2.20. The molecule has 0 amide bonds. The monoisotopic (exact) mass is 381 g/mol. The average Bonchev–Trinajstić information content (AvgIpc) is 3.21. The lowest BCUT2D eigenvalue weighted by molar-refractivity contribution is 0.249. The summed E-state index contributed by atoms with van der Waals surface area (Å²) in [7, 11) is 0. The molecule has 0 bridgehead atoms. The molecule has 0 spiro atoms. The van der Waals surface area contributed by atoms with Gasteiger partial charge in [-0.25, -0.2) is 0 Å². The van der Waals surface area contributed by atoms with Gasteiger partial charge in [0.05, 0.1) is 6.61 Å². The molecule has 0 radical (unpaired) electrons. The Hall–Kier alpha value is -2.51. The maximum atomic E-state index is 5.51. The highest BCUT2D eigenvalue weighted by Crippen LogP contribution is 2.28. The fraction of sp³-hybridized carbons (Fsp3) is 0.350. The minimum Gasteiger partial charge on any atom is -0.494 e. The first-order chi connectivity index (χ1) is 13.3.